The Hall–Kier alpha value is -1.59. The molecule has 2 atom stereocenters. The Kier molecular flexibility index (Phi) is 3.33. The Morgan fingerprint density at radius 2 is 1.35 bits per heavy atom. The molecule has 6 nitrogen and oxygen atoms in total. The Labute approximate surface area is 136 Å². The average Bonchev–Trinajstić information content (AvgIpc) is 2.17. The lowest BCUT2D eigenvalue weighted by atomic mass is 9.39. The van der Waals surface area contributed by atoms with Gasteiger partial charge in [-0.2, -0.15) is 0 Å². The maximum absolute atomic E-state index is 11.8. The third kappa shape index (κ3) is 2.83. The molecule has 4 fully saturated rings. The van der Waals surface area contributed by atoms with Crippen molar-refractivity contribution in [2.75, 3.05) is 0 Å². The van der Waals surface area contributed by atoms with Gasteiger partial charge in [0, 0.05) is 24.9 Å². The number of carbonyl (C=O) groups is 3. The van der Waals surface area contributed by atoms with Gasteiger partial charge in [-0.25, -0.2) is 0 Å². The lowest BCUT2D eigenvalue weighted by molar-refractivity contribution is -0.168. The number of hydrogen-bond donors (Lipinski definition) is 3. The van der Waals surface area contributed by atoms with Crippen molar-refractivity contribution in [2.24, 2.45) is 10.8 Å². The van der Waals surface area contributed by atoms with Gasteiger partial charge in [0.25, 0.3) is 0 Å². The van der Waals surface area contributed by atoms with Crippen LogP contribution in [0, 0.1) is 10.8 Å². The predicted octanol–water partition coefficient (Wildman–Crippen LogP) is 1.58. The first kappa shape index (κ1) is 16.3. The van der Waals surface area contributed by atoms with E-state index in [1.165, 1.54) is 13.8 Å². The summed E-state index contributed by atoms with van der Waals surface area (Å²) in [4.78, 5) is 35.0. The Balaban J connectivity index is 2.04. The summed E-state index contributed by atoms with van der Waals surface area (Å²) >= 11 is 0. The zero-order valence-corrected chi connectivity index (χ0v) is 14.1. The SMILES string of the molecule is CC(=O)NC12CC3(C)CC(CC(=O)O)(C1)CC(NC(C)=O)(C3)C2. The van der Waals surface area contributed by atoms with E-state index in [4.69, 9.17) is 0 Å². The molecule has 0 aromatic heterocycles. The highest BCUT2D eigenvalue weighted by Gasteiger charge is 2.67. The molecule has 0 heterocycles. The normalized spacial score (nSPS) is 44.0. The van der Waals surface area contributed by atoms with Gasteiger partial charge in [-0.3, -0.25) is 14.4 Å². The first-order chi connectivity index (χ1) is 10.5. The molecule has 3 N–H and O–H groups in total. The molecule has 0 aromatic rings. The third-order valence-electron chi connectivity index (χ3n) is 5.84. The van der Waals surface area contributed by atoms with Crippen LogP contribution in [0.25, 0.3) is 0 Å². The Bertz CT molecular complexity index is 498. The van der Waals surface area contributed by atoms with Crippen LogP contribution in [0.3, 0.4) is 0 Å². The van der Waals surface area contributed by atoms with E-state index in [9.17, 15) is 19.5 Å². The second kappa shape index (κ2) is 4.71. The number of aliphatic carboxylic acids is 1. The van der Waals surface area contributed by atoms with E-state index < -0.39 is 17.0 Å². The predicted molar refractivity (Wildman–Crippen MR) is 83.6 cm³/mol. The number of hydrogen-bond acceptors (Lipinski definition) is 3. The maximum Gasteiger partial charge on any atom is 0.303 e. The van der Waals surface area contributed by atoms with Gasteiger partial charge in [0.05, 0.1) is 6.42 Å². The molecular formula is C17H26N2O4. The van der Waals surface area contributed by atoms with Gasteiger partial charge in [-0.1, -0.05) is 6.92 Å². The molecule has 0 aromatic carbocycles. The van der Waals surface area contributed by atoms with E-state index in [2.05, 4.69) is 17.6 Å². The highest BCUT2D eigenvalue weighted by molar-refractivity contribution is 5.75. The second-order valence-corrected chi connectivity index (χ2v) is 8.86. The first-order valence-electron chi connectivity index (χ1n) is 8.29. The van der Waals surface area contributed by atoms with Gasteiger partial charge >= 0.3 is 5.97 Å². The fourth-order valence-electron chi connectivity index (χ4n) is 6.89. The highest BCUT2D eigenvalue weighted by atomic mass is 16.4. The molecule has 6 heteroatoms. The summed E-state index contributed by atoms with van der Waals surface area (Å²) in [5, 5.41) is 15.7. The van der Waals surface area contributed by atoms with Crippen LogP contribution in [0.4, 0.5) is 0 Å². The summed E-state index contributed by atoms with van der Waals surface area (Å²) in [5.74, 6) is -0.968. The standard InChI is InChI=1S/C17H26N2O4/c1-11(20)18-16-6-14(3)5-15(8-16,4-13(22)23)9-17(7-14,10-16)19-12(2)21/h4-10H2,1-3H3,(H,18,20)(H,19,21)(H,22,23). The van der Waals surface area contributed by atoms with Crippen LogP contribution in [0.2, 0.25) is 0 Å². The van der Waals surface area contributed by atoms with Crippen molar-refractivity contribution in [2.45, 2.75) is 76.8 Å². The molecule has 128 valence electrons. The summed E-state index contributed by atoms with van der Waals surface area (Å²) in [6, 6.07) is 0. The monoisotopic (exact) mass is 322 g/mol. The minimum absolute atomic E-state index is 0.0465. The van der Waals surface area contributed by atoms with E-state index in [-0.39, 0.29) is 29.1 Å². The molecule has 0 saturated heterocycles. The van der Waals surface area contributed by atoms with Gasteiger partial charge in [0.1, 0.15) is 0 Å². The smallest absolute Gasteiger partial charge is 0.303 e. The van der Waals surface area contributed by atoms with Gasteiger partial charge in [0.15, 0.2) is 0 Å². The van der Waals surface area contributed by atoms with E-state index in [1.807, 2.05) is 0 Å². The van der Waals surface area contributed by atoms with E-state index in [1.54, 1.807) is 0 Å². The van der Waals surface area contributed by atoms with Crippen LogP contribution in [0.5, 0.6) is 0 Å². The lowest BCUT2D eigenvalue weighted by Gasteiger charge is -2.69. The van der Waals surface area contributed by atoms with Crippen molar-refractivity contribution in [1.82, 2.24) is 10.6 Å². The van der Waals surface area contributed by atoms with Gasteiger partial charge in [-0.15, -0.1) is 0 Å². The van der Waals surface area contributed by atoms with Crippen LogP contribution < -0.4 is 10.6 Å². The van der Waals surface area contributed by atoms with E-state index in [0.717, 1.165) is 19.3 Å². The van der Waals surface area contributed by atoms with Gasteiger partial charge in [-0.05, 0) is 49.4 Å². The number of amides is 2. The molecule has 4 saturated carbocycles. The molecule has 4 aliphatic carbocycles. The minimum atomic E-state index is -0.800. The van der Waals surface area contributed by atoms with Crippen LogP contribution >= 0.6 is 0 Å². The van der Waals surface area contributed by atoms with Crippen LogP contribution in [-0.2, 0) is 14.4 Å². The number of nitrogens with one attached hydrogen (secondary N) is 2. The molecule has 0 spiro atoms. The summed E-state index contributed by atoms with van der Waals surface area (Å²) in [6.45, 7) is 5.19. The second-order valence-electron chi connectivity index (χ2n) is 8.86. The molecule has 2 amide bonds. The van der Waals surface area contributed by atoms with E-state index in [0.29, 0.717) is 19.3 Å². The van der Waals surface area contributed by atoms with E-state index >= 15 is 0 Å². The van der Waals surface area contributed by atoms with Crippen molar-refractivity contribution in [1.29, 1.82) is 0 Å². The van der Waals surface area contributed by atoms with Gasteiger partial charge in [0.2, 0.25) is 11.8 Å². The Morgan fingerprint density at radius 3 is 1.74 bits per heavy atom. The zero-order valence-electron chi connectivity index (χ0n) is 14.1. The summed E-state index contributed by atoms with van der Waals surface area (Å²) in [7, 11) is 0. The molecule has 4 rings (SSSR count). The van der Waals surface area contributed by atoms with Crippen LogP contribution in [-0.4, -0.2) is 34.0 Å². The third-order valence-corrected chi connectivity index (χ3v) is 5.84. The molecular weight excluding hydrogens is 296 g/mol. The topological polar surface area (TPSA) is 95.5 Å². The van der Waals surface area contributed by atoms with Crippen molar-refractivity contribution in [3.05, 3.63) is 0 Å². The number of rotatable bonds is 4. The van der Waals surface area contributed by atoms with Crippen molar-refractivity contribution in [3.8, 4) is 0 Å². The van der Waals surface area contributed by atoms with Crippen molar-refractivity contribution < 1.29 is 19.5 Å². The number of carboxylic acids is 1. The summed E-state index contributed by atoms with van der Waals surface area (Å²) in [5.41, 5.74) is -1.18. The summed E-state index contributed by atoms with van der Waals surface area (Å²) in [6.07, 6.45) is 4.78. The Morgan fingerprint density at radius 1 is 0.870 bits per heavy atom. The molecule has 2 unspecified atom stereocenters. The molecule has 23 heavy (non-hydrogen) atoms. The number of carbonyl (C=O) groups excluding carboxylic acids is 2. The van der Waals surface area contributed by atoms with Crippen LogP contribution in [0.15, 0.2) is 0 Å². The molecule has 4 aliphatic rings. The number of carboxylic acid groups (broad SMARTS) is 1. The average molecular weight is 322 g/mol. The lowest BCUT2D eigenvalue weighted by Crippen LogP contribution is -2.74. The minimum Gasteiger partial charge on any atom is -0.481 e. The van der Waals surface area contributed by atoms with Crippen LogP contribution in [0.1, 0.15) is 65.7 Å². The van der Waals surface area contributed by atoms with Crippen molar-refractivity contribution in [3.63, 3.8) is 0 Å². The van der Waals surface area contributed by atoms with Gasteiger partial charge < -0.3 is 15.7 Å². The fraction of sp³-hybridized carbons (Fsp3) is 0.824. The summed E-state index contributed by atoms with van der Waals surface area (Å²) < 4.78 is 0. The molecule has 0 aliphatic heterocycles. The highest BCUT2D eigenvalue weighted by Crippen LogP contribution is 2.68. The first-order valence-corrected chi connectivity index (χ1v) is 8.29. The molecule has 4 bridgehead atoms. The van der Waals surface area contributed by atoms with Crippen molar-refractivity contribution >= 4 is 17.8 Å². The largest absolute Gasteiger partial charge is 0.481 e. The molecule has 0 radical (unpaired) electrons. The fourth-order valence-corrected chi connectivity index (χ4v) is 6.89. The quantitative estimate of drug-likeness (QED) is 0.732. The maximum atomic E-state index is 11.8. The zero-order chi connectivity index (χ0) is 17.1.